The van der Waals surface area contributed by atoms with Gasteiger partial charge in [0.05, 0.1) is 4.90 Å². The Kier molecular flexibility index (Phi) is 6.94. The molecule has 0 spiro atoms. The number of carbonyl (C=O) groups is 1. The number of nitrogens with zero attached hydrogens (tertiary/aromatic N) is 2. The number of benzene rings is 2. The van der Waals surface area contributed by atoms with E-state index < -0.39 is 15.8 Å². The molecule has 1 N–H and O–H groups in total. The second-order valence-electron chi connectivity index (χ2n) is 11.2. The van der Waals surface area contributed by atoms with Crippen LogP contribution in [0.5, 0.6) is 0 Å². The summed E-state index contributed by atoms with van der Waals surface area (Å²) < 4.78 is 43.6. The molecule has 1 amide bonds. The van der Waals surface area contributed by atoms with Crippen molar-refractivity contribution in [3.8, 4) is 0 Å². The van der Waals surface area contributed by atoms with Crippen LogP contribution in [0.1, 0.15) is 52.5 Å². The number of fused-ring (bicyclic) bond motifs is 1. The number of aryl methyl sites for hydroxylation is 1. The number of hydrogen-bond acceptors (Lipinski definition) is 3. The summed E-state index contributed by atoms with van der Waals surface area (Å²) in [4.78, 5) is 15.1. The molecule has 36 heavy (non-hydrogen) atoms. The summed E-state index contributed by atoms with van der Waals surface area (Å²) in [5.41, 5.74) is 2.56. The molecule has 8 heteroatoms. The minimum absolute atomic E-state index is 0.00688. The van der Waals surface area contributed by atoms with Gasteiger partial charge in [-0.1, -0.05) is 34.6 Å². The van der Waals surface area contributed by atoms with E-state index in [4.69, 9.17) is 0 Å². The number of sulfonamides is 1. The van der Waals surface area contributed by atoms with Crippen LogP contribution in [0.4, 0.5) is 10.1 Å². The second-order valence-corrected chi connectivity index (χ2v) is 12.9. The van der Waals surface area contributed by atoms with Crippen LogP contribution in [0.2, 0.25) is 0 Å². The van der Waals surface area contributed by atoms with Crippen LogP contribution in [0.25, 0.3) is 10.9 Å². The molecule has 3 atom stereocenters. The van der Waals surface area contributed by atoms with Crippen LogP contribution >= 0.6 is 0 Å². The first-order valence-corrected chi connectivity index (χ1v) is 13.9. The van der Waals surface area contributed by atoms with Crippen LogP contribution in [0.3, 0.4) is 0 Å². The molecule has 6 nitrogen and oxygen atoms in total. The van der Waals surface area contributed by atoms with E-state index in [2.05, 4.69) is 43.2 Å². The van der Waals surface area contributed by atoms with Crippen molar-refractivity contribution in [1.29, 1.82) is 0 Å². The Morgan fingerprint density at radius 3 is 2.42 bits per heavy atom. The second kappa shape index (κ2) is 9.54. The lowest BCUT2D eigenvalue weighted by Crippen LogP contribution is -2.46. The molecule has 0 saturated carbocycles. The van der Waals surface area contributed by atoms with E-state index in [9.17, 15) is 17.6 Å². The van der Waals surface area contributed by atoms with Gasteiger partial charge in [-0.25, -0.2) is 12.8 Å². The summed E-state index contributed by atoms with van der Waals surface area (Å²) in [5.74, 6) is 0.199. The van der Waals surface area contributed by atoms with E-state index in [0.29, 0.717) is 18.8 Å². The molecule has 0 radical (unpaired) electrons. The third kappa shape index (κ3) is 5.14. The Bertz CT molecular complexity index is 1370. The molecular weight excluding hydrogens is 477 g/mol. The average molecular weight is 514 g/mol. The highest BCUT2D eigenvalue weighted by Crippen LogP contribution is 2.39. The van der Waals surface area contributed by atoms with Gasteiger partial charge in [-0.3, -0.25) is 9.52 Å². The van der Waals surface area contributed by atoms with Crippen molar-refractivity contribution in [1.82, 2.24) is 9.47 Å². The summed E-state index contributed by atoms with van der Waals surface area (Å²) in [5, 5.41) is 0.997. The van der Waals surface area contributed by atoms with E-state index in [0.717, 1.165) is 29.5 Å². The van der Waals surface area contributed by atoms with Crippen molar-refractivity contribution in [2.45, 2.75) is 51.9 Å². The fourth-order valence-electron chi connectivity index (χ4n) is 5.06. The molecule has 1 aliphatic rings. The number of hydrogen-bond donors (Lipinski definition) is 1. The maximum absolute atomic E-state index is 13.3. The van der Waals surface area contributed by atoms with Crippen molar-refractivity contribution < 1.29 is 17.6 Å². The standard InChI is InChI=1S/C28H36FN3O3S/c1-18-16-32(27(33)19(2)28(3,4)5)14-13-23(18)25-17-31(6)26-12-9-21(15-24(25)26)30-36(34,35)22-10-7-20(29)8-11-22/h7-12,15,17-19,23,30H,13-14,16H2,1-6H3/t18-,19-,23+/m0/s1. The minimum Gasteiger partial charge on any atom is -0.350 e. The quantitative estimate of drug-likeness (QED) is 0.472. The first-order chi connectivity index (χ1) is 16.8. The zero-order chi connectivity index (χ0) is 26.4. The molecule has 0 unspecified atom stereocenters. The van der Waals surface area contributed by atoms with Crippen molar-refractivity contribution >= 4 is 32.5 Å². The van der Waals surface area contributed by atoms with Gasteiger partial charge in [0.15, 0.2) is 0 Å². The zero-order valence-corrected chi connectivity index (χ0v) is 22.7. The van der Waals surface area contributed by atoms with E-state index >= 15 is 0 Å². The summed E-state index contributed by atoms with van der Waals surface area (Å²) in [6.45, 7) is 11.9. The molecule has 1 fully saturated rings. The van der Waals surface area contributed by atoms with Gasteiger partial charge < -0.3 is 9.47 Å². The zero-order valence-electron chi connectivity index (χ0n) is 21.9. The lowest BCUT2D eigenvalue weighted by molar-refractivity contribution is -0.140. The molecule has 0 bridgehead atoms. The monoisotopic (exact) mass is 513 g/mol. The highest BCUT2D eigenvalue weighted by molar-refractivity contribution is 7.92. The van der Waals surface area contributed by atoms with Crippen molar-refractivity contribution in [2.24, 2.45) is 24.3 Å². The fraction of sp³-hybridized carbons (Fsp3) is 0.464. The number of aromatic nitrogens is 1. The highest BCUT2D eigenvalue weighted by Gasteiger charge is 2.36. The Morgan fingerprint density at radius 2 is 1.81 bits per heavy atom. The molecule has 1 aliphatic heterocycles. The Hall–Kier alpha value is -2.87. The number of halogens is 1. The number of likely N-dealkylation sites (tertiary alicyclic amines) is 1. The van der Waals surface area contributed by atoms with Crippen molar-refractivity contribution in [3.05, 3.63) is 60.0 Å². The lowest BCUT2D eigenvalue weighted by Gasteiger charge is -2.40. The van der Waals surface area contributed by atoms with Gasteiger partial charge in [0.25, 0.3) is 10.0 Å². The third-order valence-electron chi connectivity index (χ3n) is 7.68. The van der Waals surface area contributed by atoms with Gasteiger partial charge in [0, 0.05) is 48.8 Å². The Balaban J connectivity index is 1.59. The van der Waals surface area contributed by atoms with Crippen molar-refractivity contribution in [3.63, 3.8) is 0 Å². The van der Waals surface area contributed by atoms with Gasteiger partial charge >= 0.3 is 0 Å². The summed E-state index contributed by atoms with van der Waals surface area (Å²) >= 11 is 0. The third-order valence-corrected chi connectivity index (χ3v) is 9.08. The van der Waals surface area contributed by atoms with Gasteiger partial charge in [-0.15, -0.1) is 0 Å². The molecule has 1 aromatic heterocycles. The van der Waals surface area contributed by atoms with Crippen LogP contribution in [-0.2, 0) is 21.9 Å². The van der Waals surface area contributed by atoms with E-state index in [1.807, 2.05) is 31.0 Å². The number of anilines is 1. The number of nitrogens with one attached hydrogen (secondary N) is 1. The molecule has 2 aromatic carbocycles. The Labute approximate surface area is 213 Å². The molecule has 0 aliphatic carbocycles. The van der Waals surface area contributed by atoms with Crippen LogP contribution in [-0.4, -0.2) is 36.9 Å². The first-order valence-electron chi connectivity index (χ1n) is 12.4. The molecular formula is C28H36FN3O3S. The average Bonchev–Trinajstić information content (AvgIpc) is 3.12. The molecule has 3 aromatic rings. The summed E-state index contributed by atoms with van der Waals surface area (Å²) in [6, 6.07) is 10.3. The van der Waals surface area contributed by atoms with E-state index in [1.165, 1.54) is 17.7 Å². The number of rotatable bonds is 5. The molecule has 2 heterocycles. The van der Waals surface area contributed by atoms with Gasteiger partial charge in [0.1, 0.15) is 5.82 Å². The van der Waals surface area contributed by atoms with E-state index in [1.54, 1.807) is 6.07 Å². The fourth-order valence-corrected chi connectivity index (χ4v) is 6.11. The lowest BCUT2D eigenvalue weighted by atomic mass is 9.78. The summed E-state index contributed by atoms with van der Waals surface area (Å²) in [7, 11) is -1.86. The van der Waals surface area contributed by atoms with Crippen molar-refractivity contribution in [2.75, 3.05) is 17.8 Å². The number of carbonyl (C=O) groups excluding carboxylic acids is 1. The smallest absolute Gasteiger partial charge is 0.261 e. The van der Waals surface area contributed by atoms with Gasteiger partial charge in [-0.05, 0) is 71.7 Å². The maximum atomic E-state index is 13.3. The largest absolute Gasteiger partial charge is 0.350 e. The Morgan fingerprint density at radius 1 is 1.14 bits per heavy atom. The number of piperidine rings is 1. The maximum Gasteiger partial charge on any atom is 0.261 e. The predicted octanol–water partition coefficient (Wildman–Crippen LogP) is 5.75. The topological polar surface area (TPSA) is 71.4 Å². The number of amides is 1. The molecule has 194 valence electrons. The normalized spacial score (nSPS) is 19.9. The van der Waals surface area contributed by atoms with Crippen LogP contribution < -0.4 is 4.72 Å². The molecule has 1 saturated heterocycles. The minimum atomic E-state index is -3.85. The SMILES string of the molecule is C[C@H]1CN(C(=O)[C@H](C)C(C)(C)C)CC[C@H]1c1cn(C)c2ccc(NS(=O)(=O)c3ccc(F)cc3)cc12. The van der Waals surface area contributed by atoms with Gasteiger partial charge in [-0.2, -0.15) is 0 Å². The summed E-state index contributed by atoms with van der Waals surface area (Å²) in [6.07, 6.45) is 2.98. The predicted molar refractivity (Wildman–Crippen MR) is 142 cm³/mol. The van der Waals surface area contributed by atoms with Gasteiger partial charge in [0.2, 0.25) is 5.91 Å². The van der Waals surface area contributed by atoms with Crippen LogP contribution in [0.15, 0.2) is 53.6 Å². The van der Waals surface area contributed by atoms with E-state index in [-0.39, 0.29) is 34.0 Å². The van der Waals surface area contributed by atoms with Crippen LogP contribution in [0, 0.1) is 23.1 Å². The molecule has 4 rings (SSSR count). The first kappa shape index (κ1) is 26.2. The highest BCUT2D eigenvalue weighted by atomic mass is 32.2.